The van der Waals surface area contributed by atoms with Gasteiger partial charge in [-0.2, -0.15) is 0 Å². The van der Waals surface area contributed by atoms with Crippen molar-refractivity contribution in [2.24, 2.45) is 0 Å². The van der Waals surface area contributed by atoms with Gasteiger partial charge in [0.25, 0.3) is 5.91 Å². The molecule has 1 saturated heterocycles. The molecule has 9 heteroatoms. The predicted octanol–water partition coefficient (Wildman–Crippen LogP) is 5.37. The number of hydrogen-bond acceptors (Lipinski definition) is 4. The summed E-state index contributed by atoms with van der Waals surface area (Å²) in [7, 11) is 0. The Balaban J connectivity index is 1.43. The molecule has 0 spiro atoms. The van der Waals surface area contributed by atoms with Gasteiger partial charge < -0.3 is 20.4 Å². The highest BCUT2D eigenvalue weighted by Crippen LogP contribution is 2.33. The van der Waals surface area contributed by atoms with E-state index in [1.807, 2.05) is 34.7 Å². The highest BCUT2D eigenvalue weighted by molar-refractivity contribution is 14.1. The van der Waals surface area contributed by atoms with E-state index >= 15 is 0 Å². The van der Waals surface area contributed by atoms with Crippen molar-refractivity contribution in [3.8, 4) is 5.75 Å². The SMILES string of the molecule is O=C(c1ccc(F)c(F)c1Nc1ccc(I)cc1F)N1CC(O)(CCCc2ccc(O)cc2)C1. The van der Waals surface area contributed by atoms with Crippen LogP contribution in [0.25, 0.3) is 0 Å². The van der Waals surface area contributed by atoms with Crippen LogP contribution in [0.3, 0.4) is 0 Å². The number of aliphatic hydroxyl groups is 1. The molecular formula is C25H22F3IN2O3. The molecule has 178 valence electrons. The summed E-state index contributed by atoms with van der Waals surface area (Å²) >= 11 is 1.92. The van der Waals surface area contributed by atoms with Gasteiger partial charge in [0.2, 0.25) is 0 Å². The minimum Gasteiger partial charge on any atom is -0.508 e. The number of halogens is 4. The molecule has 0 unspecified atom stereocenters. The van der Waals surface area contributed by atoms with Crippen LogP contribution < -0.4 is 5.32 Å². The zero-order valence-electron chi connectivity index (χ0n) is 18.0. The molecule has 5 nitrogen and oxygen atoms in total. The first-order valence-corrected chi connectivity index (χ1v) is 11.7. The molecule has 0 radical (unpaired) electrons. The Hall–Kier alpha value is -2.79. The van der Waals surface area contributed by atoms with Gasteiger partial charge >= 0.3 is 0 Å². The number of aryl methyl sites for hydroxylation is 1. The maximum atomic E-state index is 14.6. The first kappa shape index (κ1) is 24.3. The topological polar surface area (TPSA) is 72.8 Å². The van der Waals surface area contributed by atoms with E-state index < -0.39 is 34.6 Å². The maximum Gasteiger partial charge on any atom is 0.256 e. The molecule has 0 saturated carbocycles. The summed E-state index contributed by atoms with van der Waals surface area (Å²) in [6.45, 7) is 0.107. The first-order chi connectivity index (χ1) is 16.1. The van der Waals surface area contributed by atoms with Crippen LogP contribution in [-0.2, 0) is 6.42 Å². The van der Waals surface area contributed by atoms with Crippen LogP contribution in [0.1, 0.15) is 28.8 Å². The van der Waals surface area contributed by atoms with Crippen molar-refractivity contribution in [2.45, 2.75) is 24.9 Å². The van der Waals surface area contributed by atoms with Crippen LogP contribution in [0.5, 0.6) is 5.75 Å². The summed E-state index contributed by atoms with van der Waals surface area (Å²) in [6.07, 6.45) is 1.83. The van der Waals surface area contributed by atoms with Gasteiger partial charge in [-0.1, -0.05) is 12.1 Å². The van der Waals surface area contributed by atoms with Crippen molar-refractivity contribution in [1.29, 1.82) is 0 Å². The van der Waals surface area contributed by atoms with E-state index in [0.29, 0.717) is 22.8 Å². The molecule has 0 aromatic heterocycles. The van der Waals surface area contributed by atoms with Gasteiger partial charge in [0.05, 0.1) is 35.6 Å². The number of hydrogen-bond donors (Lipinski definition) is 3. The highest BCUT2D eigenvalue weighted by atomic mass is 127. The van der Waals surface area contributed by atoms with E-state index in [1.165, 1.54) is 17.0 Å². The Kier molecular flexibility index (Phi) is 7.04. The fraction of sp³-hybridized carbons (Fsp3) is 0.240. The third kappa shape index (κ3) is 5.30. The lowest BCUT2D eigenvalue weighted by molar-refractivity contribution is -0.0866. The number of carbonyl (C=O) groups is 1. The van der Waals surface area contributed by atoms with Crippen molar-refractivity contribution < 1.29 is 28.2 Å². The number of aromatic hydroxyl groups is 1. The minimum atomic E-state index is -1.28. The van der Waals surface area contributed by atoms with Gasteiger partial charge in [-0.25, -0.2) is 13.2 Å². The molecule has 3 aromatic rings. The summed E-state index contributed by atoms with van der Waals surface area (Å²) in [5.74, 6) is -3.52. The molecule has 3 N–H and O–H groups in total. The molecule has 1 fully saturated rings. The standard InChI is InChI=1S/C25H22F3IN2O3/c26-19-9-8-18(23(22(19)28)30-21-10-5-16(29)12-20(21)27)24(33)31-13-25(34,14-31)11-1-2-15-3-6-17(32)7-4-15/h3-10,12,30,32,34H,1-2,11,13-14H2. The van der Waals surface area contributed by atoms with Crippen LogP contribution in [0.2, 0.25) is 0 Å². The average Bonchev–Trinajstić information content (AvgIpc) is 2.78. The van der Waals surface area contributed by atoms with E-state index in [-0.39, 0.29) is 30.1 Å². The summed E-state index contributed by atoms with van der Waals surface area (Å²) in [4.78, 5) is 14.4. The van der Waals surface area contributed by atoms with Gasteiger partial charge in [0.15, 0.2) is 11.6 Å². The Morgan fingerprint density at radius 2 is 1.74 bits per heavy atom. The summed E-state index contributed by atoms with van der Waals surface area (Å²) < 4.78 is 43.4. The molecule has 1 aliphatic heterocycles. The van der Waals surface area contributed by atoms with Crippen LogP contribution in [-0.4, -0.2) is 39.7 Å². The zero-order valence-corrected chi connectivity index (χ0v) is 20.2. The predicted molar refractivity (Wildman–Crippen MR) is 131 cm³/mol. The number of phenols is 1. The second kappa shape index (κ2) is 9.83. The zero-order chi connectivity index (χ0) is 24.5. The lowest BCUT2D eigenvalue weighted by Crippen LogP contribution is -2.63. The van der Waals surface area contributed by atoms with Crippen molar-refractivity contribution in [3.05, 3.63) is 86.7 Å². The van der Waals surface area contributed by atoms with Crippen molar-refractivity contribution in [3.63, 3.8) is 0 Å². The van der Waals surface area contributed by atoms with E-state index in [2.05, 4.69) is 5.32 Å². The number of likely N-dealkylation sites (tertiary alicyclic amines) is 1. The molecule has 1 aliphatic rings. The van der Waals surface area contributed by atoms with Gasteiger partial charge in [0.1, 0.15) is 11.6 Å². The summed E-state index contributed by atoms with van der Waals surface area (Å²) in [5.41, 5.74) is -0.737. The van der Waals surface area contributed by atoms with Crippen LogP contribution in [0.4, 0.5) is 24.5 Å². The van der Waals surface area contributed by atoms with Gasteiger partial charge in [-0.15, -0.1) is 0 Å². The summed E-state index contributed by atoms with van der Waals surface area (Å²) in [5, 5.41) is 22.6. The number of β-amino-alcohol motifs (C(OH)–C–C–N with tert-alkyl or cyclic N) is 1. The highest BCUT2D eigenvalue weighted by Gasteiger charge is 2.43. The van der Waals surface area contributed by atoms with Crippen molar-refractivity contribution in [1.82, 2.24) is 4.90 Å². The van der Waals surface area contributed by atoms with Crippen molar-refractivity contribution >= 4 is 39.9 Å². The van der Waals surface area contributed by atoms with Crippen molar-refractivity contribution in [2.75, 3.05) is 18.4 Å². The minimum absolute atomic E-state index is 0.0533. The number of amides is 1. The molecule has 4 rings (SSSR count). The quantitative estimate of drug-likeness (QED) is 0.328. The van der Waals surface area contributed by atoms with E-state index in [9.17, 15) is 28.2 Å². The van der Waals surface area contributed by atoms with Gasteiger partial charge in [-0.05, 0) is 89.9 Å². The lowest BCUT2D eigenvalue weighted by atomic mass is 9.87. The Morgan fingerprint density at radius 3 is 2.41 bits per heavy atom. The van der Waals surface area contributed by atoms with Crippen LogP contribution in [0.15, 0.2) is 54.6 Å². The number of anilines is 2. The second-order valence-corrected chi connectivity index (χ2v) is 9.68. The number of phenolic OH excluding ortho intramolecular Hbond substituents is 1. The molecule has 1 amide bonds. The number of nitrogens with zero attached hydrogens (tertiary/aromatic N) is 1. The number of rotatable bonds is 7. The number of carbonyl (C=O) groups excluding carboxylic acids is 1. The third-order valence-corrected chi connectivity index (χ3v) is 6.49. The molecule has 0 aliphatic carbocycles. The fourth-order valence-corrected chi connectivity index (χ4v) is 4.45. The molecule has 1 heterocycles. The number of benzene rings is 3. The normalized spacial score (nSPS) is 14.6. The largest absolute Gasteiger partial charge is 0.508 e. The summed E-state index contributed by atoms with van der Waals surface area (Å²) in [6, 6.07) is 13.0. The van der Waals surface area contributed by atoms with Gasteiger partial charge in [-0.3, -0.25) is 4.79 Å². The lowest BCUT2D eigenvalue weighted by Gasteiger charge is -2.46. The van der Waals surface area contributed by atoms with E-state index in [1.54, 1.807) is 18.2 Å². The van der Waals surface area contributed by atoms with Crippen LogP contribution in [0, 0.1) is 21.0 Å². The Bertz CT molecular complexity index is 1210. The Labute approximate surface area is 208 Å². The van der Waals surface area contributed by atoms with E-state index in [0.717, 1.165) is 17.7 Å². The fourth-order valence-electron chi connectivity index (χ4n) is 4.00. The average molecular weight is 582 g/mol. The Morgan fingerprint density at radius 1 is 1.03 bits per heavy atom. The molecule has 34 heavy (non-hydrogen) atoms. The molecule has 0 atom stereocenters. The molecule has 0 bridgehead atoms. The van der Waals surface area contributed by atoms with E-state index in [4.69, 9.17) is 0 Å². The molecular weight excluding hydrogens is 560 g/mol. The second-order valence-electron chi connectivity index (χ2n) is 8.44. The number of nitrogens with one attached hydrogen (secondary N) is 1. The monoisotopic (exact) mass is 582 g/mol. The smallest absolute Gasteiger partial charge is 0.256 e. The molecule has 3 aromatic carbocycles. The third-order valence-electron chi connectivity index (χ3n) is 5.82. The maximum absolute atomic E-state index is 14.6. The first-order valence-electron chi connectivity index (χ1n) is 10.6. The van der Waals surface area contributed by atoms with Gasteiger partial charge in [0, 0.05) is 3.57 Å². The van der Waals surface area contributed by atoms with Crippen LogP contribution >= 0.6 is 22.6 Å².